The van der Waals surface area contributed by atoms with E-state index in [0.29, 0.717) is 17.7 Å². The minimum Gasteiger partial charge on any atom is -0.307 e. The summed E-state index contributed by atoms with van der Waals surface area (Å²) in [7, 11) is 0. The molecule has 6 nitrogen and oxygen atoms in total. The molecule has 57 heavy (non-hydrogen) atoms. The monoisotopic (exact) mass is 728 g/mol. The summed E-state index contributed by atoms with van der Waals surface area (Å²) in [6.45, 7) is 0. The average Bonchev–Trinajstić information content (AvgIpc) is 3.93. The third kappa shape index (κ3) is 4.74. The molecule has 0 saturated carbocycles. The second kappa shape index (κ2) is 12.3. The standard InChI is InChI=1S/C51H32N6/c1-3-15-33(16-4-1)34-27-29-35(30-28-34)49-52-50(56-44-24-12-7-19-37(44)38-20-8-13-25-45(38)56)54-51(53-49)57-46-26-14-10-22-40(46)42-32-31-41-39-21-9-11-23-43(39)55(47(41)48(42)57)36-17-5-2-6-18-36/h1-32H. The van der Waals surface area contributed by atoms with Crippen LogP contribution in [0.5, 0.6) is 0 Å². The van der Waals surface area contributed by atoms with Gasteiger partial charge in [-0.05, 0) is 47.5 Å². The summed E-state index contributed by atoms with van der Waals surface area (Å²) >= 11 is 0. The number of fused-ring (bicyclic) bond motifs is 10. The number of aromatic nitrogens is 6. The second-order valence-corrected chi connectivity index (χ2v) is 14.5. The SMILES string of the molecule is c1ccc(-c2ccc(-c3nc(-n4c5ccccc5c5ccccc54)nc(-n4c5ccccc5c5ccc6c7ccccc7n(-c7ccccc7)c6c54)n3)cc2)cc1. The largest absolute Gasteiger partial charge is 0.307 e. The van der Waals surface area contributed by atoms with Gasteiger partial charge in [0, 0.05) is 43.6 Å². The molecule has 12 aromatic rings. The lowest BCUT2D eigenvalue weighted by atomic mass is 10.0. The fourth-order valence-corrected chi connectivity index (χ4v) is 8.82. The van der Waals surface area contributed by atoms with Crippen LogP contribution >= 0.6 is 0 Å². The van der Waals surface area contributed by atoms with Crippen LogP contribution in [0.2, 0.25) is 0 Å². The first kappa shape index (κ1) is 31.5. The van der Waals surface area contributed by atoms with Crippen LogP contribution in [0.4, 0.5) is 0 Å². The lowest BCUT2D eigenvalue weighted by molar-refractivity contribution is 0.893. The summed E-state index contributed by atoms with van der Waals surface area (Å²) < 4.78 is 6.83. The first-order chi connectivity index (χ1) is 28.3. The van der Waals surface area contributed by atoms with Crippen molar-refractivity contribution in [1.82, 2.24) is 28.7 Å². The van der Waals surface area contributed by atoms with Crippen molar-refractivity contribution in [2.24, 2.45) is 0 Å². The van der Waals surface area contributed by atoms with Crippen LogP contribution in [0, 0.1) is 0 Å². The average molecular weight is 729 g/mol. The van der Waals surface area contributed by atoms with Gasteiger partial charge in [0.05, 0.1) is 33.1 Å². The maximum atomic E-state index is 5.47. The number of hydrogen-bond donors (Lipinski definition) is 0. The second-order valence-electron chi connectivity index (χ2n) is 14.5. The van der Waals surface area contributed by atoms with Gasteiger partial charge in [0.25, 0.3) is 0 Å². The highest BCUT2D eigenvalue weighted by Crippen LogP contribution is 2.42. The van der Waals surface area contributed by atoms with E-state index in [2.05, 4.69) is 202 Å². The number of rotatable bonds is 5. The van der Waals surface area contributed by atoms with Crippen molar-refractivity contribution < 1.29 is 0 Å². The van der Waals surface area contributed by atoms with Gasteiger partial charge < -0.3 is 4.57 Å². The minimum atomic E-state index is 0.549. The Labute approximate surface area is 327 Å². The predicted molar refractivity (Wildman–Crippen MR) is 234 cm³/mol. The van der Waals surface area contributed by atoms with Crippen molar-refractivity contribution in [3.05, 3.63) is 194 Å². The Bertz CT molecular complexity index is 3450. The third-order valence-electron chi connectivity index (χ3n) is 11.3. The Balaban J connectivity index is 1.22. The maximum Gasteiger partial charge on any atom is 0.240 e. The molecular formula is C51H32N6. The molecule has 0 bridgehead atoms. The molecule has 0 saturated heterocycles. The molecule has 6 heteroatoms. The van der Waals surface area contributed by atoms with Crippen LogP contribution in [0.25, 0.3) is 106 Å². The molecular weight excluding hydrogens is 697 g/mol. The normalized spacial score (nSPS) is 11.9. The number of para-hydroxylation sites is 5. The van der Waals surface area contributed by atoms with Gasteiger partial charge in [0.15, 0.2) is 5.82 Å². The fourth-order valence-electron chi connectivity index (χ4n) is 8.82. The zero-order valence-electron chi connectivity index (χ0n) is 30.7. The molecule has 0 fully saturated rings. The van der Waals surface area contributed by atoms with Crippen LogP contribution in [0.1, 0.15) is 0 Å². The van der Waals surface area contributed by atoms with E-state index in [4.69, 9.17) is 15.0 Å². The van der Waals surface area contributed by atoms with Crippen LogP contribution in [-0.4, -0.2) is 28.7 Å². The van der Waals surface area contributed by atoms with Gasteiger partial charge in [-0.3, -0.25) is 9.13 Å². The van der Waals surface area contributed by atoms with Crippen molar-refractivity contribution in [2.45, 2.75) is 0 Å². The maximum absolute atomic E-state index is 5.47. The van der Waals surface area contributed by atoms with Crippen LogP contribution in [0.3, 0.4) is 0 Å². The Morgan fingerprint density at radius 1 is 0.263 bits per heavy atom. The Hall–Kier alpha value is -7.83. The number of hydrogen-bond acceptors (Lipinski definition) is 3. The first-order valence-corrected chi connectivity index (χ1v) is 19.2. The van der Waals surface area contributed by atoms with E-state index >= 15 is 0 Å². The van der Waals surface area contributed by atoms with Crippen molar-refractivity contribution in [1.29, 1.82) is 0 Å². The highest BCUT2D eigenvalue weighted by atomic mass is 15.3. The fraction of sp³-hybridized carbons (Fsp3) is 0. The molecule has 4 aromatic heterocycles. The molecule has 0 aliphatic carbocycles. The molecule has 0 spiro atoms. The van der Waals surface area contributed by atoms with E-state index < -0.39 is 0 Å². The molecule has 266 valence electrons. The molecule has 0 radical (unpaired) electrons. The van der Waals surface area contributed by atoms with Crippen molar-refractivity contribution in [3.63, 3.8) is 0 Å². The van der Waals surface area contributed by atoms with Gasteiger partial charge in [0.2, 0.25) is 11.9 Å². The molecule has 0 N–H and O–H groups in total. The van der Waals surface area contributed by atoms with Gasteiger partial charge >= 0.3 is 0 Å². The summed E-state index contributed by atoms with van der Waals surface area (Å²) in [5.74, 6) is 1.70. The van der Waals surface area contributed by atoms with E-state index in [-0.39, 0.29) is 0 Å². The quantitative estimate of drug-likeness (QED) is 0.177. The van der Waals surface area contributed by atoms with E-state index in [0.717, 1.165) is 77.0 Å². The smallest absolute Gasteiger partial charge is 0.240 e. The molecule has 0 aliphatic rings. The van der Waals surface area contributed by atoms with E-state index in [9.17, 15) is 0 Å². The highest BCUT2D eigenvalue weighted by molar-refractivity contribution is 6.23. The van der Waals surface area contributed by atoms with Gasteiger partial charge in [-0.1, -0.05) is 158 Å². The van der Waals surface area contributed by atoms with Gasteiger partial charge in [0.1, 0.15) is 0 Å². The van der Waals surface area contributed by atoms with Gasteiger partial charge in [-0.2, -0.15) is 15.0 Å². The molecule has 0 amide bonds. The molecule has 0 atom stereocenters. The minimum absolute atomic E-state index is 0.549. The highest BCUT2D eigenvalue weighted by Gasteiger charge is 2.24. The Kier molecular flexibility index (Phi) is 6.83. The van der Waals surface area contributed by atoms with Crippen molar-refractivity contribution in [3.8, 4) is 40.1 Å². The van der Waals surface area contributed by atoms with Gasteiger partial charge in [-0.15, -0.1) is 0 Å². The summed E-state index contributed by atoms with van der Waals surface area (Å²) in [5.41, 5.74) is 10.7. The van der Waals surface area contributed by atoms with Gasteiger partial charge in [-0.25, -0.2) is 0 Å². The number of nitrogens with zero attached hydrogens (tertiary/aromatic N) is 6. The van der Waals surface area contributed by atoms with Crippen LogP contribution in [-0.2, 0) is 0 Å². The van der Waals surface area contributed by atoms with Crippen LogP contribution in [0.15, 0.2) is 194 Å². The first-order valence-electron chi connectivity index (χ1n) is 19.2. The Morgan fingerprint density at radius 2 is 0.649 bits per heavy atom. The summed E-state index contributed by atoms with van der Waals surface area (Å²) in [4.78, 5) is 16.2. The van der Waals surface area contributed by atoms with E-state index in [1.807, 2.05) is 6.07 Å². The topological polar surface area (TPSA) is 53.5 Å². The van der Waals surface area contributed by atoms with Crippen molar-refractivity contribution in [2.75, 3.05) is 0 Å². The number of benzene rings is 8. The van der Waals surface area contributed by atoms with Crippen molar-refractivity contribution >= 4 is 65.4 Å². The summed E-state index contributed by atoms with van der Waals surface area (Å²) in [6, 6.07) is 68.4. The summed E-state index contributed by atoms with van der Waals surface area (Å²) in [5, 5.41) is 6.91. The molecule has 0 unspecified atom stereocenters. The zero-order valence-corrected chi connectivity index (χ0v) is 30.7. The zero-order chi connectivity index (χ0) is 37.5. The molecule has 0 aliphatic heterocycles. The lowest BCUT2D eigenvalue weighted by Gasteiger charge is -2.14. The third-order valence-corrected chi connectivity index (χ3v) is 11.3. The van der Waals surface area contributed by atoms with E-state index in [1.54, 1.807) is 0 Å². The molecule has 8 aromatic carbocycles. The predicted octanol–water partition coefficient (Wildman–Crippen LogP) is 12.5. The van der Waals surface area contributed by atoms with E-state index in [1.165, 1.54) is 10.8 Å². The Morgan fingerprint density at radius 3 is 1.21 bits per heavy atom. The van der Waals surface area contributed by atoms with Crippen LogP contribution < -0.4 is 0 Å². The lowest BCUT2D eigenvalue weighted by Crippen LogP contribution is -2.10. The molecule has 12 rings (SSSR count). The molecule has 4 heterocycles. The summed E-state index contributed by atoms with van der Waals surface area (Å²) in [6.07, 6.45) is 0.